The van der Waals surface area contributed by atoms with E-state index in [1.165, 1.54) is 0 Å². The van der Waals surface area contributed by atoms with Crippen molar-refractivity contribution in [2.75, 3.05) is 6.61 Å². The molecule has 15 heavy (non-hydrogen) atoms. The van der Waals surface area contributed by atoms with Gasteiger partial charge in [-0.2, -0.15) is 0 Å². The average molecular weight is 203 g/mol. The molecule has 0 saturated carbocycles. The summed E-state index contributed by atoms with van der Waals surface area (Å²) in [6.07, 6.45) is 3.20. The van der Waals surface area contributed by atoms with E-state index in [9.17, 15) is 5.11 Å². The zero-order valence-electron chi connectivity index (χ0n) is 8.35. The number of aliphatic hydroxyl groups is 1. The molecule has 0 aliphatic rings. The maximum atomic E-state index is 9.61. The van der Waals surface area contributed by atoms with Crippen LogP contribution in [0.3, 0.4) is 0 Å². The zero-order chi connectivity index (χ0) is 10.7. The molecular formula is C12H13NO2. The topological polar surface area (TPSA) is 53.4 Å². The largest absolute Gasteiger partial charge is 0.506 e. The molecule has 0 fully saturated rings. The molecule has 78 valence electrons. The van der Waals surface area contributed by atoms with Crippen LogP contribution in [-0.2, 0) is 6.42 Å². The predicted molar refractivity (Wildman–Crippen MR) is 58.8 cm³/mol. The van der Waals surface area contributed by atoms with Gasteiger partial charge in [-0.15, -0.1) is 0 Å². The molecule has 0 unspecified atom stereocenters. The summed E-state index contributed by atoms with van der Waals surface area (Å²) in [7, 11) is 0. The predicted octanol–water partition coefficient (Wildman–Crippen LogP) is 1.87. The number of nitrogens with zero attached hydrogens (tertiary/aromatic N) is 1. The van der Waals surface area contributed by atoms with Crippen molar-refractivity contribution < 1.29 is 10.2 Å². The summed E-state index contributed by atoms with van der Waals surface area (Å²) in [5.41, 5.74) is 1.75. The lowest BCUT2D eigenvalue weighted by atomic mass is 10.0. The maximum absolute atomic E-state index is 9.61. The standard InChI is InChI=1S/C12H13NO2/c14-8-2-3-9-5-6-11(15)12-10(9)4-1-7-13-12/h1,4-7,14-15H,2-3,8H2. The van der Waals surface area contributed by atoms with E-state index >= 15 is 0 Å². The molecule has 2 rings (SSSR count). The minimum Gasteiger partial charge on any atom is -0.506 e. The van der Waals surface area contributed by atoms with Gasteiger partial charge in [0.2, 0.25) is 0 Å². The molecule has 0 atom stereocenters. The summed E-state index contributed by atoms with van der Waals surface area (Å²) in [5.74, 6) is 0.207. The highest BCUT2D eigenvalue weighted by molar-refractivity contribution is 5.87. The molecular weight excluding hydrogens is 190 g/mol. The number of rotatable bonds is 3. The smallest absolute Gasteiger partial charge is 0.141 e. The Morgan fingerprint density at radius 2 is 2.07 bits per heavy atom. The molecule has 0 saturated heterocycles. The number of hydrogen-bond acceptors (Lipinski definition) is 3. The van der Waals surface area contributed by atoms with Crippen molar-refractivity contribution >= 4 is 10.9 Å². The van der Waals surface area contributed by atoms with Crippen LogP contribution in [0.2, 0.25) is 0 Å². The summed E-state index contributed by atoms with van der Waals surface area (Å²) in [4.78, 5) is 4.14. The van der Waals surface area contributed by atoms with Crippen molar-refractivity contribution in [1.29, 1.82) is 0 Å². The number of phenols is 1. The van der Waals surface area contributed by atoms with Gasteiger partial charge in [-0.3, -0.25) is 4.98 Å². The molecule has 2 aromatic rings. The minimum atomic E-state index is 0.183. The van der Waals surface area contributed by atoms with Crippen molar-refractivity contribution in [2.45, 2.75) is 12.8 Å². The third-order valence-electron chi connectivity index (χ3n) is 2.44. The number of aryl methyl sites for hydroxylation is 1. The Labute approximate surface area is 88.0 Å². The van der Waals surface area contributed by atoms with Crippen LogP contribution in [0.15, 0.2) is 30.5 Å². The van der Waals surface area contributed by atoms with E-state index < -0.39 is 0 Å². The van der Waals surface area contributed by atoms with E-state index in [4.69, 9.17) is 5.11 Å². The molecule has 1 aromatic carbocycles. The van der Waals surface area contributed by atoms with Gasteiger partial charge in [-0.1, -0.05) is 12.1 Å². The summed E-state index contributed by atoms with van der Waals surface area (Å²) < 4.78 is 0. The molecule has 0 radical (unpaired) electrons. The fraction of sp³-hybridized carbons (Fsp3) is 0.250. The van der Waals surface area contributed by atoms with E-state index in [2.05, 4.69) is 4.98 Å². The van der Waals surface area contributed by atoms with Crippen LogP contribution in [0.25, 0.3) is 10.9 Å². The highest BCUT2D eigenvalue weighted by atomic mass is 16.3. The molecule has 0 aliphatic heterocycles. The molecule has 0 bridgehead atoms. The molecule has 0 spiro atoms. The summed E-state index contributed by atoms with van der Waals surface area (Å²) >= 11 is 0. The normalized spacial score (nSPS) is 10.7. The Balaban J connectivity index is 2.51. The lowest BCUT2D eigenvalue weighted by Crippen LogP contribution is -1.92. The molecule has 1 heterocycles. The van der Waals surface area contributed by atoms with Gasteiger partial charge >= 0.3 is 0 Å². The van der Waals surface area contributed by atoms with E-state index in [0.717, 1.165) is 23.8 Å². The summed E-state index contributed by atoms with van der Waals surface area (Å²) in [6, 6.07) is 7.33. The number of pyridine rings is 1. The first-order valence-electron chi connectivity index (χ1n) is 4.99. The Hall–Kier alpha value is -1.61. The Morgan fingerprint density at radius 1 is 1.20 bits per heavy atom. The number of phenolic OH excluding ortho intramolecular Hbond substituents is 1. The van der Waals surface area contributed by atoms with Crippen LogP contribution >= 0.6 is 0 Å². The van der Waals surface area contributed by atoms with Crippen molar-refractivity contribution in [3.63, 3.8) is 0 Å². The van der Waals surface area contributed by atoms with Gasteiger partial charge in [-0.05, 0) is 30.5 Å². The number of aromatic hydroxyl groups is 1. The number of aromatic nitrogens is 1. The first-order valence-corrected chi connectivity index (χ1v) is 4.99. The molecule has 3 heteroatoms. The molecule has 3 nitrogen and oxygen atoms in total. The van der Waals surface area contributed by atoms with Crippen LogP contribution in [-0.4, -0.2) is 21.8 Å². The molecule has 2 N–H and O–H groups in total. The quantitative estimate of drug-likeness (QED) is 0.800. The van der Waals surface area contributed by atoms with Gasteiger partial charge in [0.15, 0.2) is 0 Å². The molecule has 1 aromatic heterocycles. The summed E-state index contributed by atoms with van der Waals surface area (Å²) in [6.45, 7) is 0.183. The number of hydrogen-bond donors (Lipinski definition) is 2. The van der Waals surface area contributed by atoms with Gasteiger partial charge in [0, 0.05) is 18.2 Å². The lowest BCUT2D eigenvalue weighted by molar-refractivity contribution is 0.289. The lowest BCUT2D eigenvalue weighted by Gasteiger charge is -2.06. The van der Waals surface area contributed by atoms with Gasteiger partial charge in [0.25, 0.3) is 0 Å². The van der Waals surface area contributed by atoms with Crippen molar-refractivity contribution in [2.24, 2.45) is 0 Å². The Kier molecular flexibility index (Phi) is 2.83. The second kappa shape index (κ2) is 4.28. The van der Waals surface area contributed by atoms with Crippen LogP contribution in [0, 0.1) is 0 Å². The monoisotopic (exact) mass is 203 g/mol. The molecule has 0 amide bonds. The van der Waals surface area contributed by atoms with E-state index in [1.807, 2.05) is 18.2 Å². The van der Waals surface area contributed by atoms with Crippen LogP contribution in [0.5, 0.6) is 5.75 Å². The summed E-state index contributed by atoms with van der Waals surface area (Å²) in [5, 5.41) is 19.4. The van der Waals surface area contributed by atoms with Gasteiger partial charge in [-0.25, -0.2) is 0 Å². The molecule has 0 aliphatic carbocycles. The van der Waals surface area contributed by atoms with Crippen LogP contribution in [0.4, 0.5) is 0 Å². The highest BCUT2D eigenvalue weighted by Crippen LogP contribution is 2.25. The first-order chi connectivity index (χ1) is 7.33. The van der Waals surface area contributed by atoms with Crippen molar-refractivity contribution in [3.8, 4) is 5.75 Å². The van der Waals surface area contributed by atoms with Gasteiger partial charge in [0.05, 0.1) is 0 Å². The minimum absolute atomic E-state index is 0.183. The fourth-order valence-electron chi connectivity index (χ4n) is 1.70. The number of aliphatic hydroxyl groups excluding tert-OH is 1. The van der Waals surface area contributed by atoms with Crippen LogP contribution < -0.4 is 0 Å². The number of benzene rings is 1. The fourth-order valence-corrected chi connectivity index (χ4v) is 1.70. The highest BCUT2D eigenvalue weighted by Gasteiger charge is 2.05. The average Bonchev–Trinajstić information content (AvgIpc) is 2.29. The van der Waals surface area contributed by atoms with Crippen molar-refractivity contribution in [3.05, 3.63) is 36.0 Å². The van der Waals surface area contributed by atoms with Crippen LogP contribution in [0.1, 0.15) is 12.0 Å². The first kappa shape index (κ1) is 9.93. The van der Waals surface area contributed by atoms with E-state index in [1.54, 1.807) is 12.3 Å². The van der Waals surface area contributed by atoms with Crippen molar-refractivity contribution in [1.82, 2.24) is 4.98 Å². The third-order valence-corrected chi connectivity index (χ3v) is 2.44. The third kappa shape index (κ3) is 1.92. The second-order valence-corrected chi connectivity index (χ2v) is 3.47. The van der Waals surface area contributed by atoms with E-state index in [-0.39, 0.29) is 12.4 Å². The number of fused-ring (bicyclic) bond motifs is 1. The van der Waals surface area contributed by atoms with Gasteiger partial charge in [0.1, 0.15) is 11.3 Å². The maximum Gasteiger partial charge on any atom is 0.141 e. The second-order valence-electron chi connectivity index (χ2n) is 3.47. The SMILES string of the molecule is OCCCc1ccc(O)c2ncccc12. The Morgan fingerprint density at radius 3 is 2.87 bits per heavy atom. The zero-order valence-corrected chi connectivity index (χ0v) is 8.35. The van der Waals surface area contributed by atoms with E-state index in [0.29, 0.717) is 5.52 Å². The van der Waals surface area contributed by atoms with Gasteiger partial charge < -0.3 is 10.2 Å². The Bertz CT molecular complexity index is 468.